The molecule has 1 aromatic heterocycles. The van der Waals surface area contributed by atoms with Gasteiger partial charge in [-0.05, 0) is 43.0 Å². The summed E-state index contributed by atoms with van der Waals surface area (Å²) in [5, 5.41) is 4.58. The van der Waals surface area contributed by atoms with Crippen molar-refractivity contribution in [2.75, 3.05) is 5.73 Å². The van der Waals surface area contributed by atoms with Crippen LogP contribution < -0.4 is 10.5 Å². The highest BCUT2D eigenvalue weighted by molar-refractivity contribution is 5.54. The molecule has 1 heterocycles. The fraction of sp³-hybridized carbons (Fsp3) is 0.471. The minimum absolute atomic E-state index is 0.447. The van der Waals surface area contributed by atoms with Crippen LogP contribution in [-0.2, 0) is 13.0 Å². The maximum Gasteiger partial charge on any atom is 0.142 e. The van der Waals surface area contributed by atoms with E-state index in [1.165, 1.54) is 5.56 Å². The number of hydrogen-bond donors (Lipinski definition) is 1. The van der Waals surface area contributed by atoms with Crippen LogP contribution in [0.3, 0.4) is 0 Å². The van der Waals surface area contributed by atoms with E-state index >= 15 is 0 Å². The van der Waals surface area contributed by atoms with Crippen LogP contribution in [-0.4, -0.2) is 9.78 Å². The third-order valence-electron chi connectivity index (χ3n) is 3.84. The molecule has 0 saturated heterocycles. The van der Waals surface area contributed by atoms with Gasteiger partial charge in [0, 0.05) is 6.20 Å². The molecule has 0 aliphatic carbocycles. The topological polar surface area (TPSA) is 53.1 Å². The Morgan fingerprint density at radius 1 is 1.19 bits per heavy atom. The summed E-state index contributed by atoms with van der Waals surface area (Å²) in [5.41, 5.74) is 8.85. The number of aromatic nitrogens is 2. The normalized spacial score (nSPS) is 11.0. The van der Waals surface area contributed by atoms with E-state index in [0.717, 1.165) is 30.7 Å². The highest BCUT2D eigenvalue weighted by Crippen LogP contribution is 2.24. The summed E-state index contributed by atoms with van der Waals surface area (Å²) >= 11 is 0. The molecule has 0 fully saturated rings. The minimum Gasteiger partial charge on any atom is -0.485 e. The molecule has 4 heteroatoms. The minimum atomic E-state index is 0.447. The third-order valence-corrected chi connectivity index (χ3v) is 3.84. The number of ether oxygens (including phenoxy) is 1. The first-order valence-corrected chi connectivity index (χ1v) is 7.73. The Hall–Kier alpha value is -1.97. The zero-order valence-corrected chi connectivity index (χ0v) is 13.2. The lowest BCUT2D eigenvalue weighted by Gasteiger charge is -2.12. The molecule has 4 nitrogen and oxygen atoms in total. The van der Waals surface area contributed by atoms with E-state index in [0.29, 0.717) is 18.3 Å². The molecule has 0 spiro atoms. The predicted molar refractivity (Wildman–Crippen MR) is 86.4 cm³/mol. The summed E-state index contributed by atoms with van der Waals surface area (Å²) < 4.78 is 7.81. The maximum atomic E-state index is 6.01. The van der Waals surface area contributed by atoms with Crippen molar-refractivity contribution in [3.05, 3.63) is 41.7 Å². The van der Waals surface area contributed by atoms with Crippen molar-refractivity contribution >= 4 is 5.69 Å². The van der Waals surface area contributed by atoms with Gasteiger partial charge in [-0.2, -0.15) is 5.10 Å². The number of nitrogens with two attached hydrogens (primary N) is 1. The lowest BCUT2D eigenvalue weighted by atomic mass is 10.1. The van der Waals surface area contributed by atoms with Crippen molar-refractivity contribution in [3.8, 4) is 5.75 Å². The van der Waals surface area contributed by atoms with E-state index in [2.05, 4.69) is 31.9 Å². The summed E-state index contributed by atoms with van der Waals surface area (Å²) in [6.07, 6.45) is 5.18. The van der Waals surface area contributed by atoms with Crippen molar-refractivity contribution in [2.24, 2.45) is 0 Å². The van der Waals surface area contributed by atoms with E-state index in [1.54, 1.807) is 0 Å². The third kappa shape index (κ3) is 3.78. The van der Waals surface area contributed by atoms with E-state index in [9.17, 15) is 0 Å². The molecule has 2 N–H and O–H groups in total. The molecular formula is C17H25N3O. The second-order valence-corrected chi connectivity index (χ2v) is 5.27. The van der Waals surface area contributed by atoms with Gasteiger partial charge in [-0.1, -0.05) is 26.8 Å². The van der Waals surface area contributed by atoms with E-state index < -0.39 is 0 Å². The molecule has 21 heavy (non-hydrogen) atoms. The van der Waals surface area contributed by atoms with Gasteiger partial charge in [0.15, 0.2) is 0 Å². The number of hydrogen-bond acceptors (Lipinski definition) is 3. The zero-order chi connectivity index (χ0) is 15.2. The SMILES string of the molecule is CCc1ccc(OCc2ccn(C(CC)CC)n2)c(N)c1. The van der Waals surface area contributed by atoms with Gasteiger partial charge in [0.2, 0.25) is 0 Å². The molecule has 0 bridgehead atoms. The second kappa shape index (κ2) is 7.16. The molecule has 1 aromatic carbocycles. The average molecular weight is 287 g/mol. The van der Waals surface area contributed by atoms with Crippen LogP contribution in [0.25, 0.3) is 0 Å². The monoisotopic (exact) mass is 287 g/mol. The molecule has 0 saturated carbocycles. The summed E-state index contributed by atoms with van der Waals surface area (Å²) in [5.74, 6) is 0.726. The first-order valence-electron chi connectivity index (χ1n) is 7.73. The zero-order valence-electron chi connectivity index (χ0n) is 13.2. The predicted octanol–water partition coefficient (Wildman–Crippen LogP) is 3.97. The fourth-order valence-electron chi connectivity index (χ4n) is 2.42. The molecule has 0 radical (unpaired) electrons. The molecular weight excluding hydrogens is 262 g/mol. The summed E-state index contributed by atoms with van der Waals surface area (Å²) in [4.78, 5) is 0. The van der Waals surface area contributed by atoms with Gasteiger partial charge in [0.1, 0.15) is 12.4 Å². The molecule has 0 aliphatic rings. The van der Waals surface area contributed by atoms with Gasteiger partial charge in [0.05, 0.1) is 17.4 Å². The maximum absolute atomic E-state index is 6.01. The van der Waals surface area contributed by atoms with Crippen molar-refractivity contribution in [3.63, 3.8) is 0 Å². The Balaban J connectivity index is 2.00. The van der Waals surface area contributed by atoms with Crippen LogP contribution >= 0.6 is 0 Å². The van der Waals surface area contributed by atoms with Gasteiger partial charge in [-0.3, -0.25) is 4.68 Å². The Morgan fingerprint density at radius 3 is 2.57 bits per heavy atom. The molecule has 0 amide bonds. The number of benzene rings is 1. The Morgan fingerprint density at radius 2 is 1.95 bits per heavy atom. The van der Waals surface area contributed by atoms with Gasteiger partial charge in [0.25, 0.3) is 0 Å². The van der Waals surface area contributed by atoms with Gasteiger partial charge >= 0.3 is 0 Å². The highest BCUT2D eigenvalue weighted by Gasteiger charge is 2.09. The summed E-state index contributed by atoms with van der Waals surface area (Å²) in [6.45, 7) is 6.92. The fourth-order valence-corrected chi connectivity index (χ4v) is 2.42. The van der Waals surface area contributed by atoms with Crippen LogP contribution in [0.15, 0.2) is 30.5 Å². The standard InChI is InChI=1S/C17H25N3O/c1-4-13-7-8-17(16(18)11-13)21-12-14-9-10-20(19-14)15(5-2)6-3/h7-11,15H,4-6,12,18H2,1-3H3. The molecule has 0 unspecified atom stereocenters. The van der Waals surface area contributed by atoms with E-state index in [1.807, 2.05) is 29.1 Å². The van der Waals surface area contributed by atoms with Crippen LogP contribution in [0, 0.1) is 0 Å². The van der Waals surface area contributed by atoms with E-state index in [-0.39, 0.29) is 0 Å². The Bertz CT molecular complexity index is 573. The van der Waals surface area contributed by atoms with Crippen molar-refractivity contribution in [1.82, 2.24) is 9.78 Å². The van der Waals surface area contributed by atoms with Gasteiger partial charge < -0.3 is 10.5 Å². The second-order valence-electron chi connectivity index (χ2n) is 5.27. The van der Waals surface area contributed by atoms with Crippen LogP contribution in [0.2, 0.25) is 0 Å². The van der Waals surface area contributed by atoms with Crippen molar-refractivity contribution in [1.29, 1.82) is 0 Å². The smallest absolute Gasteiger partial charge is 0.142 e. The van der Waals surface area contributed by atoms with Crippen molar-refractivity contribution in [2.45, 2.75) is 52.7 Å². The van der Waals surface area contributed by atoms with Crippen LogP contribution in [0.5, 0.6) is 5.75 Å². The molecule has 2 rings (SSSR count). The first-order chi connectivity index (χ1) is 10.2. The molecule has 2 aromatic rings. The quantitative estimate of drug-likeness (QED) is 0.784. The Kier molecular flexibility index (Phi) is 5.26. The first kappa shape index (κ1) is 15.4. The number of anilines is 1. The average Bonchev–Trinajstić information content (AvgIpc) is 2.96. The lowest BCUT2D eigenvalue weighted by Crippen LogP contribution is -2.08. The van der Waals surface area contributed by atoms with Crippen LogP contribution in [0.4, 0.5) is 5.69 Å². The summed E-state index contributed by atoms with van der Waals surface area (Å²) in [7, 11) is 0. The number of aryl methyl sites for hydroxylation is 1. The van der Waals surface area contributed by atoms with Crippen LogP contribution in [0.1, 0.15) is 50.9 Å². The highest BCUT2D eigenvalue weighted by atomic mass is 16.5. The summed E-state index contributed by atoms with van der Waals surface area (Å²) in [6, 6.07) is 8.43. The number of nitrogen functional groups attached to an aromatic ring is 1. The Labute approximate surface area is 126 Å². The molecule has 114 valence electrons. The van der Waals surface area contributed by atoms with Gasteiger partial charge in [-0.15, -0.1) is 0 Å². The number of nitrogens with zero attached hydrogens (tertiary/aromatic N) is 2. The molecule has 0 aliphatic heterocycles. The molecule has 0 atom stereocenters. The largest absolute Gasteiger partial charge is 0.485 e. The lowest BCUT2D eigenvalue weighted by molar-refractivity contribution is 0.298. The van der Waals surface area contributed by atoms with E-state index in [4.69, 9.17) is 10.5 Å². The van der Waals surface area contributed by atoms with Gasteiger partial charge in [-0.25, -0.2) is 0 Å². The van der Waals surface area contributed by atoms with Crippen molar-refractivity contribution < 1.29 is 4.74 Å². The number of rotatable bonds is 7.